The minimum atomic E-state index is -1.04. The van der Waals surface area contributed by atoms with Gasteiger partial charge >= 0.3 is 5.97 Å². The normalized spacial score (nSPS) is 32.2. The van der Waals surface area contributed by atoms with Crippen molar-refractivity contribution in [1.29, 1.82) is 0 Å². The van der Waals surface area contributed by atoms with Crippen LogP contribution in [0.3, 0.4) is 0 Å². The van der Waals surface area contributed by atoms with Gasteiger partial charge in [0.05, 0.1) is 12.0 Å². The van der Waals surface area contributed by atoms with Gasteiger partial charge in [-0.2, -0.15) is 0 Å². The molecule has 2 aliphatic rings. The molecule has 0 bridgehead atoms. The highest BCUT2D eigenvalue weighted by Crippen LogP contribution is 2.56. The minimum Gasteiger partial charge on any atom is -0.481 e. The van der Waals surface area contributed by atoms with E-state index in [9.17, 15) is 14.7 Å². The fraction of sp³-hybridized carbons (Fsp3) is 0.375. The molecule has 1 fully saturated rings. The third-order valence-electron chi connectivity index (χ3n) is 4.65. The summed E-state index contributed by atoms with van der Waals surface area (Å²) in [4.78, 5) is 26.1. The molecule has 1 heterocycles. The molecule has 3 atom stereocenters. The van der Waals surface area contributed by atoms with Crippen molar-refractivity contribution in [3.8, 4) is 0 Å². The Morgan fingerprint density at radius 3 is 2.65 bits per heavy atom. The van der Waals surface area contributed by atoms with Gasteiger partial charge in [-0.15, -0.1) is 0 Å². The van der Waals surface area contributed by atoms with Gasteiger partial charge in [0, 0.05) is 7.05 Å². The van der Waals surface area contributed by atoms with E-state index in [1.807, 2.05) is 42.5 Å². The molecule has 0 spiro atoms. The Morgan fingerprint density at radius 1 is 1.30 bits per heavy atom. The van der Waals surface area contributed by atoms with E-state index in [1.165, 1.54) is 0 Å². The molecule has 1 aromatic carbocycles. The summed E-state index contributed by atoms with van der Waals surface area (Å²) >= 11 is 0. The first kappa shape index (κ1) is 12.9. The molecule has 1 aliphatic heterocycles. The fourth-order valence-electron chi connectivity index (χ4n) is 3.71. The molecular formula is C16H17NO3. The Morgan fingerprint density at radius 2 is 2.00 bits per heavy atom. The van der Waals surface area contributed by atoms with Gasteiger partial charge in [0.25, 0.3) is 0 Å². The van der Waals surface area contributed by atoms with E-state index in [1.54, 1.807) is 11.9 Å². The first-order valence-electron chi connectivity index (χ1n) is 6.79. The van der Waals surface area contributed by atoms with Crippen LogP contribution < -0.4 is 0 Å². The maximum Gasteiger partial charge on any atom is 0.313 e. The first-order chi connectivity index (χ1) is 9.59. The summed E-state index contributed by atoms with van der Waals surface area (Å²) in [7, 11) is 1.71. The van der Waals surface area contributed by atoms with Crippen LogP contribution in [0.25, 0.3) is 0 Å². The number of hydrogen-bond acceptors (Lipinski definition) is 2. The molecule has 0 unspecified atom stereocenters. The number of hydrogen-bond donors (Lipinski definition) is 1. The van der Waals surface area contributed by atoms with Crippen molar-refractivity contribution in [3.63, 3.8) is 0 Å². The average Bonchev–Trinajstić information content (AvgIpc) is 2.70. The van der Waals surface area contributed by atoms with Gasteiger partial charge in [-0.1, -0.05) is 42.5 Å². The van der Waals surface area contributed by atoms with Crippen LogP contribution >= 0.6 is 0 Å². The zero-order valence-corrected chi connectivity index (χ0v) is 11.3. The van der Waals surface area contributed by atoms with Crippen molar-refractivity contribution in [3.05, 3.63) is 48.0 Å². The lowest BCUT2D eigenvalue weighted by Gasteiger charge is -2.36. The molecule has 3 rings (SSSR count). The molecular weight excluding hydrogens is 254 g/mol. The average molecular weight is 271 g/mol. The lowest BCUT2D eigenvalue weighted by atomic mass is 9.65. The van der Waals surface area contributed by atoms with Gasteiger partial charge in [0.15, 0.2) is 0 Å². The SMILES string of the molecule is CN1C(=O)[C@@H]2CC=CC[C@]2(C(=O)O)[C@H]1c1ccccc1. The number of carboxylic acid groups (broad SMARTS) is 1. The summed E-state index contributed by atoms with van der Waals surface area (Å²) in [6.07, 6.45) is 4.74. The van der Waals surface area contributed by atoms with E-state index in [2.05, 4.69) is 0 Å². The Balaban J connectivity index is 2.18. The highest BCUT2D eigenvalue weighted by Gasteiger charge is 2.62. The molecule has 104 valence electrons. The van der Waals surface area contributed by atoms with E-state index in [0.717, 1.165) is 5.56 Å². The number of benzene rings is 1. The molecule has 1 saturated heterocycles. The van der Waals surface area contributed by atoms with Crippen LogP contribution in [0.2, 0.25) is 0 Å². The maximum absolute atomic E-state index is 12.5. The lowest BCUT2D eigenvalue weighted by Crippen LogP contribution is -2.42. The minimum absolute atomic E-state index is 0.0643. The molecule has 0 radical (unpaired) electrons. The molecule has 0 aromatic heterocycles. The van der Waals surface area contributed by atoms with Crippen LogP contribution in [-0.4, -0.2) is 28.9 Å². The largest absolute Gasteiger partial charge is 0.481 e. The third-order valence-corrected chi connectivity index (χ3v) is 4.65. The molecule has 0 saturated carbocycles. The Bertz CT molecular complexity index is 581. The number of amides is 1. The Labute approximate surface area is 117 Å². The Kier molecular flexibility index (Phi) is 2.89. The van der Waals surface area contributed by atoms with Gasteiger partial charge in [-0.25, -0.2) is 0 Å². The molecule has 4 nitrogen and oxygen atoms in total. The van der Waals surface area contributed by atoms with Crippen molar-refractivity contribution in [2.45, 2.75) is 18.9 Å². The summed E-state index contributed by atoms with van der Waals surface area (Å²) < 4.78 is 0. The van der Waals surface area contributed by atoms with Gasteiger partial charge in [-0.05, 0) is 18.4 Å². The molecule has 1 aromatic rings. The molecule has 1 N–H and O–H groups in total. The van der Waals surface area contributed by atoms with Gasteiger partial charge in [-0.3, -0.25) is 9.59 Å². The van der Waals surface area contributed by atoms with Crippen LogP contribution in [0.15, 0.2) is 42.5 Å². The van der Waals surface area contributed by atoms with Crippen molar-refractivity contribution in [1.82, 2.24) is 4.90 Å². The van der Waals surface area contributed by atoms with Crippen molar-refractivity contribution >= 4 is 11.9 Å². The highest BCUT2D eigenvalue weighted by molar-refractivity contribution is 5.93. The number of carbonyl (C=O) groups excluding carboxylic acids is 1. The summed E-state index contributed by atoms with van der Waals surface area (Å²) in [6, 6.07) is 9.07. The second-order valence-electron chi connectivity index (χ2n) is 5.57. The van der Waals surface area contributed by atoms with E-state index < -0.39 is 23.3 Å². The third kappa shape index (κ3) is 1.54. The number of fused-ring (bicyclic) bond motifs is 1. The summed E-state index contributed by atoms with van der Waals surface area (Å²) in [5, 5.41) is 9.85. The van der Waals surface area contributed by atoms with E-state index in [0.29, 0.717) is 12.8 Å². The first-order valence-corrected chi connectivity index (χ1v) is 6.79. The molecule has 20 heavy (non-hydrogen) atoms. The lowest BCUT2D eigenvalue weighted by molar-refractivity contribution is -0.154. The van der Waals surface area contributed by atoms with E-state index in [-0.39, 0.29) is 5.91 Å². The number of nitrogens with zero attached hydrogens (tertiary/aromatic N) is 1. The quantitative estimate of drug-likeness (QED) is 0.839. The summed E-state index contributed by atoms with van der Waals surface area (Å²) in [6.45, 7) is 0. The summed E-state index contributed by atoms with van der Waals surface area (Å²) in [5.41, 5.74) is -0.148. The van der Waals surface area contributed by atoms with Gasteiger partial charge in [0.2, 0.25) is 5.91 Å². The number of carboxylic acids is 1. The standard InChI is InChI=1S/C16H17NO3/c1-17-13(11-7-3-2-4-8-11)16(15(19)20)10-6-5-9-12(16)14(17)18/h2-8,12-13H,9-10H2,1H3,(H,19,20)/t12-,13+,16+/m0/s1. The summed E-state index contributed by atoms with van der Waals surface area (Å²) in [5.74, 6) is -1.40. The predicted molar refractivity (Wildman–Crippen MR) is 73.9 cm³/mol. The van der Waals surface area contributed by atoms with Crippen LogP contribution in [0, 0.1) is 11.3 Å². The van der Waals surface area contributed by atoms with E-state index >= 15 is 0 Å². The number of likely N-dealkylation sites (tertiary alicyclic amines) is 1. The molecule has 4 heteroatoms. The van der Waals surface area contributed by atoms with Crippen LogP contribution in [0.4, 0.5) is 0 Å². The maximum atomic E-state index is 12.5. The van der Waals surface area contributed by atoms with Crippen molar-refractivity contribution < 1.29 is 14.7 Å². The zero-order valence-electron chi connectivity index (χ0n) is 11.3. The number of carbonyl (C=O) groups is 2. The smallest absolute Gasteiger partial charge is 0.313 e. The predicted octanol–water partition coefficient (Wildman–Crippen LogP) is 2.24. The molecule has 1 aliphatic carbocycles. The number of rotatable bonds is 2. The number of allylic oxidation sites excluding steroid dienone is 2. The fourth-order valence-corrected chi connectivity index (χ4v) is 3.71. The highest BCUT2D eigenvalue weighted by atomic mass is 16.4. The number of aliphatic carboxylic acids is 1. The van der Waals surface area contributed by atoms with Crippen LogP contribution in [-0.2, 0) is 9.59 Å². The van der Waals surface area contributed by atoms with Crippen LogP contribution in [0.5, 0.6) is 0 Å². The van der Waals surface area contributed by atoms with E-state index in [4.69, 9.17) is 0 Å². The Hall–Kier alpha value is -2.10. The molecule has 1 amide bonds. The van der Waals surface area contributed by atoms with Gasteiger partial charge in [0.1, 0.15) is 5.41 Å². The van der Waals surface area contributed by atoms with Crippen LogP contribution in [0.1, 0.15) is 24.4 Å². The second-order valence-corrected chi connectivity index (χ2v) is 5.57. The topological polar surface area (TPSA) is 57.6 Å². The van der Waals surface area contributed by atoms with Crippen molar-refractivity contribution in [2.75, 3.05) is 7.05 Å². The van der Waals surface area contributed by atoms with Gasteiger partial charge < -0.3 is 10.0 Å². The van der Waals surface area contributed by atoms with Crippen molar-refractivity contribution in [2.24, 2.45) is 11.3 Å². The monoisotopic (exact) mass is 271 g/mol. The zero-order chi connectivity index (χ0) is 14.3. The second kappa shape index (κ2) is 4.47.